The molecule has 0 bridgehead atoms. The summed E-state index contributed by atoms with van der Waals surface area (Å²) >= 11 is 0. The quantitative estimate of drug-likeness (QED) is 0.611. The van der Waals surface area contributed by atoms with Crippen molar-refractivity contribution in [2.45, 2.75) is 19.9 Å². The van der Waals surface area contributed by atoms with E-state index in [1.165, 1.54) is 5.56 Å². The highest BCUT2D eigenvalue weighted by molar-refractivity contribution is 5.86. The van der Waals surface area contributed by atoms with Crippen LogP contribution in [-0.2, 0) is 6.54 Å². The summed E-state index contributed by atoms with van der Waals surface area (Å²) in [7, 11) is 0. The molecule has 0 spiro atoms. The molecule has 1 aliphatic rings. The number of rotatable bonds is 2. The molecule has 16 heavy (non-hydrogen) atoms. The zero-order valence-electron chi connectivity index (χ0n) is 9.63. The van der Waals surface area contributed by atoms with Gasteiger partial charge in [-0.15, -0.1) is 0 Å². The third-order valence-corrected chi connectivity index (χ3v) is 3.16. The van der Waals surface area contributed by atoms with Crippen molar-refractivity contribution in [3.8, 4) is 0 Å². The molecule has 0 amide bonds. The highest BCUT2D eigenvalue weighted by atomic mass is 16.4. The molecule has 0 aliphatic carbocycles. The average molecular weight is 218 g/mol. The van der Waals surface area contributed by atoms with Crippen molar-refractivity contribution in [3.63, 3.8) is 0 Å². The Morgan fingerprint density at radius 3 is 2.75 bits per heavy atom. The minimum Gasteiger partial charge on any atom is -0.411 e. The van der Waals surface area contributed by atoms with Crippen LogP contribution in [0.25, 0.3) is 0 Å². The van der Waals surface area contributed by atoms with Gasteiger partial charge < -0.3 is 5.21 Å². The Morgan fingerprint density at radius 1 is 1.38 bits per heavy atom. The standard InChI is InChI=1S/C13H18N2O/c1-11-9-15(8-7-13(11)14-16)10-12-5-3-2-4-6-12/h2-6,11,16H,7-10H2,1H3/t11-/m0/s1. The van der Waals surface area contributed by atoms with E-state index in [9.17, 15) is 0 Å². The SMILES string of the molecule is C[C@H]1CN(Cc2ccccc2)CCC1=NO. The maximum absolute atomic E-state index is 8.81. The summed E-state index contributed by atoms with van der Waals surface area (Å²) in [6, 6.07) is 10.5. The van der Waals surface area contributed by atoms with Crippen molar-refractivity contribution >= 4 is 5.71 Å². The molecular formula is C13H18N2O. The molecule has 1 atom stereocenters. The maximum Gasteiger partial charge on any atom is 0.0624 e. The molecule has 0 aromatic heterocycles. The molecule has 1 heterocycles. The molecule has 1 fully saturated rings. The Labute approximate surface area is 96.4 Å². The largest absolute Gasteiger partial charge is 0.411 e. The molecule has 0 unspecified atom stereocenters. The zero-order valence-corrected chi connectivity index (χ0v) is 9.63. The van der Waals surface area contributed by atoms with Gasteiger partial charge in [-0.2, -0.15) is 0 Å². The van der Waals surface area contributed by atoms with Gasteiger partial charge in [0.2, 0.25) is 0 Å². The first-order valence-corrected chi connectivity index (χ1v) is 5.76. The number of piperidine rings is 1. The third kappa shape index (κ3) is 2.61. The topological polar surface area (TPSA) is 35.8 Å². The fourth-order valence-corrected chi connectivity index (χ4v) is 2.24. The second-order valence-electron chi connectivity index (χ2n) is 4.46. The number of hydrogen-bond acceptors (Lipinski definition) is 3. The molecule has 1 N–H and O–H groups in total. The predicted molar refractivity (Wildman–Crippen MR) is 64.7 cm³/mol. The van der Waals surface area contributed by atoms with Gasteiger partial charge in [0.1, 0.15) is 0 Å². The Hall–Kier alpha value is -1.35. The molecule has 3 nitrogen and oxygen atoms in total. The van der Waals surface area contributed by atoms with Gasteiger partial charge in [0.25, 0.3) is 0 Å². The summed E-state index contributed by atoms with van der Waals surface area (Å²) in [5.41, 5.74) is 2.28. The van der Waals surface area contributed by atoms with Crippen molar-refractivity contribution in [1.82, 2.24) is 4.90 Å². The fraction of sp³-hybridized carbons (Fsp3) is 0.462. The van der Waals surface area contributed by atoms with Crippen LogP contribution in [0.2, 0.25) is 0 Å². The molecule has 86 valence electrons. The van der Waals surface area contributed by atoms with Gasteiger partial charge in [0, 0.05) is 32.0 Å². The molecule has 0 radical (unpaired) electrons. The first-order valence-electron chi connectivity index (χ1n) is 5.76. The molecule has 3 heteroatoms. The van der Waals surface area contributed by atoms with Crippen LogP contribution in [0.15, 0.2) is 35.5 Å². The van der Waals surface area contributed by atoms with Crippen LogP contribution in [0.3, 0.4) is 0 Å². The van der Waals surface area contributed by atoms with Crippen LogP contribution >= 0.6 is 0 Å². The van der Waals surface area contributed by atoms with Gasteiger partial charge in [0.05, 0.1) is 5.71 Å². The van der Waals surface area contributed by atoms with Crippen molar-refractivity contribution in [3.05, 3.63) is 35.9 Å². The van der Waals surface area contributed by atoms with Crippen LogP contribution < -0.4 is 0 Å². The summed E-state index contributed by atoms with van der Waals surface area (Å²) in [4.78, 5) is 2.41. The van der Waals surface area contributed by atoms with Crippen LogP contribution in [0, 0.1) is 5.92 Å². The van der Waals surface area contributed by atoms with E-state index in [1.54, 1.807) is 0 Å². The monoisotopic (exact) mass is 218 g/mol. The van der Waals surface area contributed by atoms with Crippen LogP contribution in [0.1, 0.15) is 18.9 Å². The van der Waals surface area contributed by atoms with E-state index in [4.69, 9.17) is 5.21 Å². The third-order valence-electron chi connectivity index (χ3n) is 3.16. The van der Waals surface area contributed by atoms with Crippen LogP contribution in [-0.4, -0.2) is 28.9 Å². The molecular weight excluding hydrogens is 200 g/mol. The molecule has 2 rings (SSSR count). The van der Waals surface area contributed by atoms with E-state index in [2.05, 4.69) is 41.2 Å². The fourth-order valence-electron chi connectivity index (χ4n) is 2.24. The highest BCUT2D eigenvalue weighted by Crippen LogP contribution is 2.16. The number of likely N-dealkylation sites (tertiary alicyclic amines) is 1. The minimum atomic E-state index is 0.363. The molecule has 1 aromatic rings. The normalized spacial score (nSPS) is 24.8. The zero-order chi connectivity index (χ0) is 11.4. The lowest BCUT2D eigenvalue weighted by molar-refractivity contribution is 0.228. The van der Waals surface area contributed by atoms with Gasteiger partial charge in [-0.1, -0.05) is 42.4 Å². The maximum atomic E-state index is 8.81. The number of oxime groups is 1. The van der Waals surface area contributed by atoms with E-state index in [0.29, 0.717) is 5.92 Å². The minimum absolute atomic E-state index is 0.363. The van der Waals surface area contributed by atoms with E-state index < -0.39 is 0 Å². The van der Waals surface area contributed by atoms with E-state index in [-0.39, 0.29) is 0 Å². The van der Waals surface area contributed by atoms with Crippen molar-refractivity contribution in [2.24, 2.45) is 11.1 Å². The second kappa shape index (κ2) is 5.12. The lowest BCUT2D eigenvalue weighted by Crippen LogP contribution is -2.39. The molecule has 1 aliphatic heterocycles. The van der Waals surface area contributed by atoms with Crippen molar-refractivity contribution in [1.29, 1.82) is 0 Å². The van der Waals surface area contributed by atoms with Gasteiger partial charge in [-0.3, -0.25) is 4.90 Å². The predicted octanol–water partition coefficient (Wildman–Crippen LogP) is 2.36. The molecule has 1 saturated heterocycles. The average Bonchev–Trinajstić information content (AvgIpc) is 2.31. The van der Waals surface area contributed by atoms with Crippen LogP contribution in [0.4, 0.5) is 0 Å². The first kappa shape index (κ1) is 11.1. The Kier molecular flexibility index (Phi) is 3.57. The summed E-state index contributed by atoms with van der Waals surface area (Å²) < 4.78 is 0. The number of nitrogens with zero attached hydrogens (tertiary/aromatic N) is 2. The Balaban J connectivity index is 1.94. The van der Waals surface area contributed by atoms with Crippen LogP contribution in [0.5, 0.6) is 0 Å². The van der Waals surface area contributed by atoms with Gasteiger partial charge in [-0.05, 0) is 5.56 Å². The lowest BCUT2D eigenvalue weighted by Gasteiger charge is -2.31. The van der Waals surface area contributed by atoms with E-state index in [0.717, 1.165) is 31.8 Å². The summed E-state index contributed by atoms with van der Waals surface area (Å²) in [5, 5.41) is 12.2. The van der Waals surface area contributed by atoms with Gasteiger partial charge >= 0.3 is 0 Å². The summed E-state index contributed by atoms with van der Waals surface area (Å²) in [6.07, 6.45) is 0.879. The Morgan fingerprint density at radius 2 is 2.12 bits per heavy atom. The summed E-state index contributed by atoms with van der Waals surface area (Å²) in [6.45, 7) is 5.07. The molecule has 1 aromatic carbocycles. The van der Waals surface area contributed by atoms with Gasteiger partial charge in [0.15, 0.2) is 0 Å². The van der Waals surface area contributed by atoms with E-state index in [1.807, 2.05) is 6.07 Å². The first-order chi connectivity index (χ1) is 7.79. The van der Waals surface area contributed by atoms with Crippen molar-refractivity contribution < 1.29 is 5.21 Å². The summed E-state index contributed by atoms with van der Waals surface area (Å²) in [5.74, 6) is 0.363. The highest BCUT2D eigenvalue weighted by Gasteiger charge is 2.22. The van der Waals surface area contributed by atoms with Crippen molar-refractivity contribution in [2.75, 3.05) is 13.1 Å². The molecule has 0 saturated carbocycles. The second-order valence-corrected chi connectivity index (χ2v) is 4.46. The number of benzene rings is 1. The van der Waals surface area contributed by atoms with E-state index >= 15 is 0 Å². The smallest absolute Gasteiger partial charge is 0.0624 e. The lowest BCUT2D eigenvalue weighted by atomic mass is 9.97. The van der Waals surface area contributed by atoms with Gasteiger partial charge in [-0.25, -0.2) is 0 Å². The number of hydrogen-bond donors (Lipinski definition) is 1. The Bertz CT molecular complexity index is 361.